The minimum atomic E-state index is -1.69. The number of nitrogens with one attached hydrogen (secondary N) is 2. The van der Waals surface area contributed by atoms with Crippen LogP contribution in [0.25, 0.3) is 0 Å². The quantitative estimate of drug-likeness (QED) is 0.842. The van der Waals surface area contributed by atoms with E-state index in [1.165, 1.54) is 0 Å². The van der Waals surface area contributed by atoms with Crippen LogP contribution in [0.4, 0.5) is 4.39 Å². The van der Waals surface area contributed by atoms with Crippen molar-refractivity contribution >= 4 is 11.8 Å². The Bertz CT molecular complexity index is 654. The number of aromatic amines is 1. The first-order chi connectivity index (χ1) is 12.4. The number of imidazole rings is 1. The van der Waals surface area contributed by atoms with Crippen LogP contribution in [0.15, 0.2) is 6.33 Å². The highest BCUT2D eigenvalue weighted by Gasteiger charge is 2.44. The SMILES string of the molecule is Cc1[nH]cnc1CC(=O)NC1CCC(N(C)C(=O)C2(F)CCCCC2)C1. The molecule has 7 heteroatoms. The summed E-state index contributed by atoms with van der Waals surface area (Å²) in [6, 6.07) is 0.0263. The van der Waals surface area contributed by atoms with Crippen LogP contribution in [-0.4, -0.2) is 51.5 Å². The summed E-state index contributed by atoms with van der Waals surface area (Å²) < 4.78 is 15.0. The molecule has 1 aromatic rings. The summed E-state index contributed by atoms with van der Waals surface area (Å²) in [4.78, 5) is 33.6. The number of alkyl halides is 1. The van der Waals surface area contributed by atoms with Gasteiger partial charge in [0.1, 0.15) is 0 Å². The zero-order valence-corrected chi connectivity index (χ0v) is 15.7. The first-order valence-electron chi connectivity index (χ1n) is 9.63. The summed E-state index contributed by atoms with van der Waals surface area (Å²) in [6.45, 7) is 1.89. The summed E-state index contributed by atoms with van der Waals surface area (Å²) >= 11 is 0. The molecule has 0 spiro atoms. The third kappa shape index (κ3) is 4.07. The van der Waals surface area contributed by atoms with E-state index < -0.39 is 5.67 Å². The number of hydrogen-bond acceptors (Lipinski definition) is 3. The van der Waals surface area contributed by atoms with Gasteiger partial charge in [0.05, 0.1) is 18.4 Å². The van der Waals surface area contributed by atoms with Gasteiger partial charge in [-0.1, -0.05) is 6.42 Å². The normalized spacial score (nSPS) is 25.0. The van der Waals surface area contributed by atoms with Crippen molar-refractivity contribution in [2.75, 3.05) is 7.05 Å². The highest BCUT2D eigenvalue weighted by molar-refractivity contribution is 5.85. The maximum Gasteiger partial charge on any atom is 0.260 e. The van der Waals surface area contributed by atoms with Crippen LogP contribution in [0, 0.1) is 6.92 Å². The molecular formula is C19H29FN4O2. The molecular weight excluding hydrogens is 335 g/mol. The molecule has 0 aromatic carbocycles. The lowest BCUT2D eigenvalue weighted by Crippen LogP contribution is -2.49. The fraction of sp³-hybridized carbons (Fsp3) is 0.737. The monoisotopic (exact) mass is 364 g/mol. The average molecular weight is 364 g/mol. The first-order valence-corrected chi connectivity index (χ1v) is 9.63. The number of H-pyrrole nitrogens is 1. The third-order valence-corrected chi connectivity index (χ3v) is 5.93. The van der Waals surface area contributed by atoms with E-state index in [0.29, 0.717) is 19.3 Å². The largest absolute Gasteiger partial charge is 0.353 e. The van der Waals surface area contributed by atoms with Crippen LogP contribution < -0.4 is 5.32 Å². The Hall–Kier alpha value is -1.92. The molecule has 2 aliphatic carbocycles. The number of amides is 2. The average Bonchev–Trinajstić information content (AvgIpc) is 3.24. The van der Waals surface area contributed by atoms with Gasteiger partial charge in [-0.05, 0) is 51.9 Å². The van der Waals surface area contributed by atoms with Crippen LogP contribution in [0.5, 0.6) is 0 Å². The first kappa shape index (κ1) is 18.9. The van der Waals surface area contributed by atoms with E-state index in [4.69, 9.17) is 0 Å². The fourth-order valence-electron chi connectivity index (χ4n) is 4.24. The van der Waals surface area contributed by atoms with Gasteiger partial charge < -0.3 is 15.2 Å². The summed E-state index contributed by atoms with van der Waals surface area (Å²) in [7, 11) is 1.71. The number of hydrogen-bond donors (Lipinski definition) is 2. The molecule has 3 rings (SSSR count). The molecule has 0 bridgehead atoms. The molecule has 1 heterocycles. The van der Waals surface area contributed by atoms with Crippen LogP contribution in [0.1, 0.15) is 62.8 Å². The molecule has 0 aliphatic heterocycles. The van der Waals surface area contributed by atoms with Crippen molar-refractivity contribution < 1.29 is 14.0 Å². The Morgan fingerprint density at radius 2 is 2.08 bits per heavy atom. The zero-order valence-electron chi connectivity index (χ0n) is 15.7. The number of carbonyl (C=O) groups excluding carboxylic acids is 2. The Labute approximate surface area is 153 Å². The highest BCUT2D eigenvalue weighted by atomic mass is 19.1. The van der Waals surface area contributed by atoms with Crippen molar-refractivity contribution in [2.45, 2.75) is 82.5 Å². The van der Waals surface area contributed by atoms with Gasteiger partial charge in [0.25, 0.3) is 5.91 Å². The highest BCUT2D eigenvalue weighted by Crippen LogP contribution is 2.35. The minimum absolute atomic E-state index is 0.00512. The summed E-state index contributed by atoms with van der Waals surface area (Å²) in [5, 5.41) is 3.03. The van der Waals surface area contributed by atoms with E-state index in [-0.39, 0.29) is 30.3 Å². The van der Waals surface area contributed by atoms with Crippen LogP contribution in [-0.2, 0) is 16.0 Å². The van der Waals surface area contributed by atoms with Gasteiger partial charge in [0.2, 0.25) is 5.91 Å². The maximum atomic E-state index is 15.0. The van der Waals surface area contributed by atoms with Crippen molar-refractivity contribution in [3.63, 3.8) is 0 Å². The lowest BCUT2D eigenvalue weighted by atomic mass is 9.85. The van der Waals surface area contributed by atoms with Crippen LogP contribution in [0.3, 0.4) is 0 Å². The van der Waals surface area contributed by atoms with E-state index >= 15 is 0 Å². The molecule has 2 atom stereocenters. The van der Waals surface area contributed by atoms with Crippen LogP contribution in [0.2, 0.25) is 0 Å². The second kappa shape index (κ2) is 7.76. The number of nitrogens with zero attached hydrogens (tertiary/aromatic N) is 2. The van der Waals surface area contributed by atoms with Crippen molar-refractivity contribution in [1.82, 2.24) is 20.2 Å². The van der Waals surface area contributed by atoms with Gasteiger partial charge in [-0.15, -0.1) is 0 Å². The topological polar surface area (TPSA) is 78.1 Å². The molecule has 1 aromatic heterocycles. The van der Waals surface area contributed by atoms with E-state index in [0.717, 1.165) is 43.5 Å². The van der Waals surface area contributed by atoms with Gasteiger partial charge in [0, 0.05) is 24.8 Å². The van der Waals surface area contributed by atoms with E-state index in [1.807, 2.05) is 6.92 Å². The summed E-state index contributed by atoms with van der Waals surface area (Å²) in [5.74, 6) is -0.435. The molecule has 2 N–H and O–H groups in total. The molecule has 6 nitrogen and oxygen atoms in total. The number of aromatic nitrogens is 2. The van der Waals surface area contributed by atoms with Gasteiger partial charge in [-0.25, -0.2) is 9.37 Å². The molecule has 2 amide bonds. The summed E-state index contributed by atoms with van der Waals surface area (Å²) in [5.41, 5.74) is -0.0391. The standard InChI is InChI=1S/C19H29FN4O2/c1-13-16(22-12-21-13)11-17(25)23-14-6-7-15(10-14)24(2)18(26)19(20)8-4-3-5-9-19/h12,14-15H,3-11H2,1-2H3,(H,21,22)(H,23,25). The van der Waals surface area contributed by atoms with Crippen molar-refractivity contribution in [1.29, 1.82) is 0 Å². The fourth-order valence-corrected chi connectivity index (χ4v) is 4.24. The van der Waals surface area contributed by atoms with Gasteiger partial charge in [-0.3, -0.25) is 9.59 Å². The predicted octanol–water partition coefficient (Wildman–Crippen LogP) is 2.43. The number of aryl methyl sites for hydroxylation is 1. The van der Waals surface area contributed by atoms with E-state index in [2.05, 4.69) is 15.3 Å². The molecule has 2 saturated carbocycles. The molecule has 2 unspecified atom stereocenters. The van der Waals surface area contributed by atoms with Gasteiger partial charge >= 0.3 is 0 Å². The Morgan fingerprint density at radius 3 is 2.73 bits per heavy atom. The van der Waals surface area contributed by atoms with Gasteiger partial charge in [0.15, 0.2) is 5.67 Å². The number of rotatable bonds is 5. The zero-order chi connectivity index (χ0) is 18.7. The molecule has 144 valence electrons. The lowest BCUT2D eigenvalue weighted by molar-refractivity contribution is -0.147. The van der Waals surface area contributed by atoms with E-state index in [1.54, 1.807) is 18.3 Å². The Kier molecular flexibility index (Phi) is 5.63. The summed E-state index contributed by atoms with van der Waals surface area (Å²) in [6.07, 6.45) is 7.38. The number of halogens is 1. The second-order valence-electron chi connectivity index (χ2n) is 7.82. The van der Waals surface area contributed by atoms with Crippen molar-refractivity contribution in [3.8, 4) is 0 Å². The third-order valence-electron chi connectivity index (χ3n) is 5.93. The maximum absolute atomic E-state index is 15.0. The Morgan fingerprint density at radius 1 is 1.35 bits per heavy atom. The Balaban J connectivity index is 1.50. The molecule has 26 heavy (non-hydrogen) atoms. The second-order valence-corrected chi connectivity index (χ2v) is 7.82. The molecule has 0 radical (unpaired) electrons. The predicted molar refractivity (Wildman–Crippen MR) is 96.3 cm³/mol. The van der Waals surface area contributed by atoms with E-state index in [9.17, 15) is 14.0 Å². The molecule has 2 fully saturated rings. The lowest BCUT2D eigenvalue weighted by Gasteiger charge is -2.35. The van der Waals surface area contributed by atoms with Crippen LogP contribution >= 0.6 is 0 Å². The minimum Gasteiger partial charge on any atom is -0.353 e. The smallest absolute Gasteiger partial charge is 0.260 e. The van der Waals surface area contributed by atoms with Crippen molar-refractivity contribution in [2.24, 2.45) is 0 Å². The van der Waals surface area contributed by atoms with Gasteiger partial charge in [-0.2, -0.15) is 0 Å². The molecule has 2 aliphatic rings. The number of carbonyl (C=O) groups is 2. The molecule has 0 saturated heterocycles. The van der Waals surface area contributed by atoms with Crippen molar-refractivity contribution in [3.05, 3.63) is 17.7 Å².